The number of aliphatic imine (C=N–C) groups is 1. The number of pyridine rings is 1. The summed E-state index contributed by atoms with van der Waals surface area (Å²) in [5, 5.41) is 9.69. The summed E-state index contributed by atoms with van der Waals surface area (Å²) in [5.74, 6) is 1.09. The van der Waals surface area contributed by atoms with E-state index in [9.17, 15) is 4.79 Å². The van der Waals surface area contributed by atoms with Gasteiger partial charge >= 0.3 is 0 Å². The van der Waals surface area contributed by atoms with Crippen LogP contribution in [0.1, 0.15) is 43.9 Å². The van der Waals surface area contributed by atoms with Crippen molar-refractivity contribution in [2.45, 2.75) is 45.6 Å². The minimum Gasteiger partial charge on any atom is -0.357 e. The van der Waals surface area contributed by atoms with Gasteiger partial charge in [-0.3, -0.25) is 9.78 Å². The van der Waals surface area contributed by atoms with E-state index in [1.807, 2.05) is 48.7 Å². The predicted octanol–water partition coefficient (Wildman–Crippen LogP) is 3.51. The maximum absolute atomic E-state index is 12.3. The summed E-state index contributed by atoms with van der Waals surface area (Å²) in [4.78, 5) is 21.4. The van der Waals surface area contributed by atoms with E-state index in [-0.39, 0.29) is 11.8 Å². The minimum atomic E-state index is 0.146. The van der Waals surface area contributed by atoms with Gasteiger partial charge < -0.3 is 16.0 Å². The Morgan fingerprint density at radius 1 is 1.14 bits per heavy atom. The van der Waals surface area contributed by atoms with Gasteiger partial charge in [-0.1, -0.05) is 31.0 Å². The number of hydrogen-bond acceptors (Lipinski definition) is 3. The molecule has 6 nitrogen and oxygen atoms in total. The number of benzene rings is 1. The van der Waals surface area contributed by atoms with Crippen molar-refractivity contribution in [1.29, 1.82) is 0 Å². The number of nitrogens with one attached hydrogen (secondary N) is 3. The lowest BCUT2D eigenvalue weighted by Crippen LogP contribution is -2.38. The van der Waals surface area contributed by atoms with E-state index >= 15 is 0 Å². The fraction of sp³-hybridized carbons (Fsp3) is 0.435. The molecule has 29 heavy (non-hydrogen) atoms. The summed E-state index contributed by atoms with van der Waals surface area (Å²) in [5.41, 5.74) is 2.97. The molecule has 1 aliphatic rings. The minimum absolute atomic E-state index is 0.146. The van der Waals surface area contributed by atoms with Crippen LogP contribution >= 0.6 is 0 Å². The van der Waals surface area contributed by atoms with Crippen LogP contribution in [0, 0.1) is 5.92 Å². The number of anilines is 1. The lowest BCUT2D eigenvalue weighted by molar-refractivity contribution is -0.119. The van der Waals surface area contributed by atoms with Crippen LogP contribution in [0.3, 0.4) is 0 Å². The van der Waals surface area contributed by atoms with Crippen molar-refractivity contribution in [3.8, 4) is 0 Å². The largest absolute Gasteiger partial charge is 0.357 e. The summed E-state index contributed by atoms with van der Waals surface area (Å²) in [6.45, 7) is 4.16. The lowest BCUT2D eigenvalue weighted by atomic mass is 10.1. The molecule has 1 saturated carbocycles. The molecule has 0 unspecified atom stereocenters. The van der Waals surface area contributed by atoms with Crippen LogP contribution in [0.25, 0.3) is 0 Å². The topological polar surface area (TPSA) is 78.4 Å². The molecule has 1 amide bonds. The molecule has 1 aliphatic carbocycles. The van der Waals surface area contributed by atoms with Gasteiger partial charge in [-0.2, -0.15) is 0 Å². The molecule has 3 N–H and O–H groups in total. The molecule has 154 valence electrons. The van der Waals surface area contributed by atoms with E-state index in [1.54, 1.807) is 0 Å². The van der Waals surface area contributed by atoms with Crippen LogP contribution in [0.2, 0.25) is 0 Å². The molecular formula is C23H31N5O. The summed E-state index contributed by atoms with van der Waals surface area (Å²) < 4.78 is 0. The summed E-state index contributed by atoms with van der Waals surface area (Å²) in [6, 6.07) is 13.9. The summed E-state index contributed by atoms with van der Waals surface area (Å²) in [6.07, 6.45) is 6.99. The number of nitrogens with zero attached hydrogens (tertiary/aromatic N) is 2. The number of guanidine groups is 1. The number of aromatic nitrogens is 1. The number of hydrogen-bond donors (Lipinski definition) is 3. The fourth-order valence-electron chi connectivity index (χ4n) is 3.55. The van der Waals surface area contributed by atoms with E-state index in [1.165, 1.54) is 0 Å². The van der Waals surface area contributed by atoms with Gasteiger partial charge in [0.05, 0.1) is 6.54 Å². The number of rotatable bonds is 8. The Kier molecular flexibility index (Phi) is 8.04. The molecule has 1 heterocycles. The third kappa shape index (κ3) is 6.89. The van der Waals surface area contributed by atoms with E-state index in [0.717, 1.165) is 68.1 Å². The average Bonchev–Trinajstić information content (AvgIpc) is 3.28. The van der Waals surface area contributed by atoms with E-state index in [2.05, 4.69) is 32.9 Å². The monoisotopic (exact) mass is 393 g/mol. The molecule has 3 rings (SSSR count). The van der Waals surface area contributed by atoms with Gasteiger partial charge in [0.2, 0.25) is 5.91 Å². The SMILES string of the molecule is CCNC(=NCc1cccc(NC(=O)C2CCCC2)c1)NCCc1ccccn1. The van der Waals surface area contributed by atoms with Crippen LogP contribution in [-0.4, -0.2) is 29.9 Å². The van der Waals surface area contributed by atoms with Gasteiger partial charge in [-0.05, 0) is 49.6 Å². The summed E-state index contributed by atoms with van der Waals surface area (Å²) in [7, 11) is 0. The van der Waals surface area contributed by atoms with Crippen molar-refractivity contribution in [2.75, 3.05) is 18.4 Å². The first kappa shape index (κ1) is 20.8. The smallest absolute Gasteiger partial charge is 0.227 e. The number of carbonyl (C=O) groups is 1. The van der Waals surface area contributed by atoms with Crippen LogP contribution < -0.4 is 16.0 Å². The molecule has 0 atom stereocenters. The second kappa shape index (κ2) is 11.2. The molecule has 0 bridgehead atoms. The first-order valence-corrected chi connectivity index (χ1v) is 10.6. The maximum atomic E-state index is 12.3. The molecule has 1 aromatic carbocycles. The molecule has 0 spiro atoms. The zero-order chi connectivity index (χ0) is 20.3. The molecule has 0 aliphatic heterocycles. The van der Waals surface area contributed by atoms with E-state index in [0.29, 0.717) is 6.54 Å². The van der Waals surface area contributed by atoms with Gasteiger partial charge in [0.25, 0.3) is 0 Å². The molecule has 0 saturated heterocycles. The van der Waals surface area contributed by atoms with Gasteiger partial charge in [0.15, 0.2) is 5.96 Å². The second-order valence-corrected chi connectivity index (χ2v) is 7.36. The molecule has 1 aromatic heterocycles. The normalized spacial score (nSPS) is 14.6. The Balaban J connectivity index is 1.53. The maximum Gasteiger partial charge on any atom is 0.227 e. The highest BCUT2D eigenvalue weighted by atomic mass is 16.1. The van der Waals surface area contributed by atoms with Crippen LogP contribution in [-0.2, 0) is 17.8 Å². The summed E-state index contributed by atoms with van der Waals surface area (Å²) >= 11 is 0. The van der Waals surface area contributed by atoms with Crippen molar-refractivity contribution in [1.82, 2.24) is 15.6 Å². The Morgan fingerprint density at radius 2 is 2.00 bits per heavy atom. The molecule has 2 aromatic rings. The van der Waals surface area contributed by atoms with Crippen LogP contribution in [0.15, 0.2) is 53.7 Å². The van der Waals surface area contributed by atoms with Gasteiger partial charge in [-0.15, -0.1) is 0 Å². The number of carbonyl (C=O) groups excluding carboxylic acids is 1. The van der Waals surface area contributed by atoms with Crippen molar-refractivity contribution >= 4 is 17.6 Å². The highest BCUT2D eigenvalue weighted by Gasteiger charge is 2.22. The quantitative estimate of drug-likeness (QED) is 0.474. The Bertz CT molecular complexity index is 800. The third-order valence-corrected chi connectivity index (χ3v) is 5.08. The first-order chi connectivity index (χ1) is 14.2. The van der Waals surface area contributed by atoms with Crippen molar-refractivity contribution < 1.29 is 4.79 Å². The van der Waals surface area contributed by atoms with Crippen molar-refractivity contribution in [3.63, 3.8) is 0 Å². The highest BCUT2D eigenvalue weighted by molar-refractivity contribution is 5.92. The van der Waals surface area contributed by atoms with Crippen LogP contribution in [0.5, 0.6) is 0 Å². The van der Waals surface area contributed by atoms with Crippen LogP contribution in [0.4, 0.5) is 5.69 Å². The van der Waals surface area contributed by atoms with Gasteiger partial charge in [0.1, 0.15) is 0 Å². The zero-order valence-corrected chi connectivity index (χ0v) is 17.2. The fourth-order valence-corrected chi connectivity index (χ4v) is 3.55. The van der Waals surface area contributed by atoms with Gasteiger partial charge in [-0.25, -0.2) is 4.99 Å². The van der Waals surface area contributed by atoms with E-state index < -0.39 is 0 Å². The number of amides is 1. The Hall–Kier alpha value is -2.89. The molecule has 6 heteroatoms. The average molecular weight is 394 g/mol. The molecular weight excluding hydrogens is 362 g/mol. The predicted molar refractivity (Wildman–Crippen MR) is 118 cm³/mol. The lowest BCUT2D eigenvalue weighted by Gasteiger charge is -2.12. The van der Waals surface area contributed by atoms with E-state index in [4.69, 9.17) is 0 Å². The van der Waals surface area contributed by atoms with Crippen molar-refractivity contribution in [3.05, 3.63) is 59.9 Å². The van der Waals surface area contributed by atoms with Crippen molar-refractivity contribution in [2.24, 2.45) is 10.9 Å². The third-order valence-electron chi connectivity index (χ3n) is 5.08. The van der Waals surface area contributed by atoms with Gasteiger partial charge in [0, 0.05) is 43.0 Å². The standard InChI is InChI=1S/C23H31N5O/c1-2-24-23(26-15-13-20-11-5-6-14-25-20)27-17-18-8-7-12-21(16-18)28-22(29)19-9-3-4-10-19/h5-8,11-12,14,16,19H,2-4,9-10,13,15,17H2,1H3,(H,28,29)(H2,24,26,27). The Morgan fingerprint density at radius 3 is 2.76 bits per heavy atom. The second-order valence-electron chi connectivity index (χ2n) is 7.36. The first-order valence-electron chi connectivity index (χ1n) is 10.6. The highest BCUT2D eigenvalue weighted by Crippen LogP contribution is 2.26. The Labute approximate surface area is 173 Å². The molecule has 0 radical (unpaired) electrons. The zero-order valence-electron chi connectivity index (χ0n) is 17.2. The molecule has 1 fully saturated rings.